The Bertz CT molecular complexity index is 179. The number of nitrogens with one attached hydrogen (secondary N) is 1. The molecule has 0 amide bonds. The van der Waals surface area contributed by atoms with Gasteiger partial charge in [0.1, 0.15) is 0 Å². The molecule has 0 saturated carbocycles. The number of hydrogen-bond acceptors (Lipinski definition) is 2. The van der Waals surface area contributed by atoms with Gasteiger partial charge in [0.25, 0.3) is 0 Å². The molecule has 15 heavy (non-hydrogen) atoms. The van der Waals surface area contributed by atoms with Crippen molar-refractivity contribution < 1.29 is 0 Å². The van der Waals surface area contributed by atoms with Crippen LogP contribution >= 0.6 is 0 Å². The van der Waals surface area contributed by atoms with Crippen LogP contribution in [0.3, 0.4) is 0 Å². The first-order chi connectivity index (χ1) is 6.99. The third-order valence-corrected chi connectivity index (χ3v) is 2.32. The highest BCUT2D eigenvalue weighted by atomic mass is 15.2. The number of nitrogens with two attached hydrogens (primary N) is 1. The molecule has 0 radical (unpaired) electrons. The highest BCUT2D eigenvalue weighted by Crippen LogP contribution is 2.03. The first kappa shape index (κ1) is 14.2. The van der Waals surface area contributed by atoms with Crippen molar-refractivity contribution in [3.05, 3.63) is 0 Å². The van der Waals surface area contributed by atoms with Gasteiger partial charge in [-0.25, -0.2) is 0 Å². The van der Waals surface area contributed by atoms with Gasteiger partial charge in [-0.2, -0.15) is 0 Å². The van der Waals surface area contributed by atoms with Crippen LogP contribution in [0.2, 0.25) is 0 Å². The molecule has 0 rings (SSSR count). The minimum atomic E-state index is 0.546. The molecule has 0 saturated heterocycles. The third kappa shape index (κ3) is 6.33. The molecular weight excluding hydrogens is 188 g/mol. The smallest absolute Gasteiger partial charge is 0.188 e. The Morgan fingerprint density at radius 3 is 2.20 bits per heavy atom. The predicted molar refractivity (Wildman–Crippen MR) is 67.1 cm³/mol. The molecule has 4 nitrogen and oxygen atoms in total. The molecule has 0 aliphatic heterocycles. The summed E-state index contributed by atoms with van der Waals surface area (Å²) in [6.45, 7) is 13.4. The van der Waals surface area contributed by atoms with E-state index in [1.165, 1.54) is 0 Å². The number of aliphatic imine (C=N–C) groups is 1. The lowest BCUT2D eigenvalue weighted by molar-refractivity contribution is 0.181. The molecule has 0 aromatic carbocycles. The minimum Gasteiger partial charge on any atom is -0.370 e. The van der Waals surface area contributed by atoms with Crippen molar-refractivity contribution in [1.29, 1.82) is 0 Å². The van der Waals surface area contributed by atoms with Gasteiger partial charge in [0.2, 0.25) is 0 Å². The lowest BCUT2D eigenvalue weighted by Gasteiger charge is -2.29. The van der Waals surface area contributed by atoms with Gasteiger partial charge < -0.3 is 11.1 Å². The van der Waals surface area contributed by atoms with E-state index in [1.807, 2.05) is 6.92 Å². The summed E-state index contributed by atoms with van der Waals surface area (Å²) < 4.78 is 0. The standard InChI is InChI=1S/C11H26N4/c1-6-13-11(12)14-7-8-15(9(2)3)10(4)5/h9-10H,6-8H2,1-5H3,(H3,12,13,14). The molecule has 3 N–H and O–H groups in total. The van der Waals surface area contributed by atoms with Crippen molar-refractivity contribution in [1.82, 2.24) is 10.2 Å². The molecule has 0 aliphatic carbocycles. The van der Waals surface area contributed by atoms with E-state index in [9.17, 15) is 0 Å². The predicted octanol–water partition coefficient (Wildman–Crippen LogP) is 1.03. The van der Waals surface area contributed by atoms with E-state index >= 15 is 0 Å². The maximum absolute atomic E-state index is 5.64. The van der Waals surface area contributed by atoms with Crippen LogP contribution < -0.4 is 11.1 Å². The van der Waals surface area contributed by atoms with Crippen molar-refractivity contribution in [2.24, 2.45) is 10.7 Å². The van der Waals surface area contributed by atoms with E-state index in [0.29, 0.717) is 18.0 Å². The van der Waals surface area contributed by atoms with Crippen LogP contribution in [0.25, 0.3) is 0 Å². The normalized spacial score (nSPS) is 12.9. The van der Waals surface area contributed by atoms with Crippen LogP contribution in [0.1, 0.15) is 34.6 Å². The van der Waals surface area contributed by atoms with E-state index in [-0.39, 0.29) is 0 Å². The van der Waals surface area contributed by atoms with E-state index in [2.05, 4.69) is 42.9 Å². The summed E-state index contributed by atoms with van der Waals surface area (Å²) in [5.41, 5.74) is 5.64. The van der Waals surface area contributed by atoms with Gasteiger partial charge in [0, 0.05) is 25.2 Å². The van der Waals surface area contributed by atoms with Gasteiger partial charge in [0.05, 0.1) is 6.54 Å². The monoisotopic (exact) mass is 214 g/mol. The Balaban J connectivity index is 3.95. The Hall–Kier alpha value is -0.770. The Kier molecular flexibility index (Phi) is 7.13. The molecule has 0 spiro atoms. The maximum Gasteiger partial charge on any atom is 0.188 e. The number of rotatable bonds is 6. The van der Waals surface area contributed by atoms with Gasteiger partial charge in [-0.15, -0.1) is 0 Å². The van der Waals surface area contributed by atoms with Crippen LogP contribution in [-0.2, 0) is 0 Å². The molecule has 90 valence electrons. The molecule has 0 aromatic rings. The largest absolute Gasteiger partial charge is 0.370 e. The third-order valence-electron chi connectivity index (χ3n) is 2.32. The van der Waals surface area contributed by atoms with Crippen LogP contribution in [0.4, 0.5) is 0 Å². The van der Waals surface area contributed by atoms with Crippen molar-refractivity contribution >= 4 is 5.96 Å². The molecule has 0 aromatic heterocycles. The quantitative estimate of drug-likeness (QED) is 0.513. The molecular formula is C11H26N4. The average Bonchev–Trinajstić information content (AvgIpc) is 2.11. The van der Waals surface area contributed by atoms with Crippen LogP contribution in [0.15, 0.2) is 4.99 Å². The summed E-state index contributed by atoms with van der Waals surface area (Å²) in [6, 6.07) is 1.11. The topological polar surface area (TPSA) is 53.6 Å². The molecule has 0 aliphatic rings. The second-order valence-corrected chi connectivity index (χ2v) is 4.22. The number of hydrogen-bond donors (Lipinski definition) is 2. The second kappa shape index (κ2) is 7.51. The maximum atomic E-state index is 5.64. The summed E-state index contributed by atoms with van der Waals surface area (Å²) in [5.74, 6) is 0.546. The second-order valence-electron chi connectivity index (χ2n) is 4.22. The van der Waals surface area contributed by atoms with E-state index in [1.54, 1.807) is 0 Å². The average molecular weight is 214 g/mol. The van der Waals surface area contributed by atoms with Gasteiger partial charge in [-0.05, 0) is 34.6 Å². The lowest BCUT2D eigenvalue weighted by atomic mass is 10.2. The highest BCUT2D eigenvalue weighted by Gasteiger charge is 2.11. The number of guanidine groups is 1. The summed E-state index contributed by atoms with van der Waals surface area (Å²) in [7, 11) is 0. The minimum absolute atomic E-state index is 0.546. The van der Waals surface area contributed by atoms with E-state index in [0.717, 1.165) is 19.6 Å². The Morgan fingerprint density at radius 1 is 1.27 bits per heavy atom. The van der Waals surface area contributed by atoms with Gasteiger partial charge in [-0.1, -0.05) is 0 Å². The molecule has 0 fully saturated rings. The van der Waals surface area contributed by atoms with Crippen LogP contribution in [0, 0.1) is 0 Å². The Labute approximate surface area is 93.9 Å². The van der Waals surface area contributed by atoms with Crippen molar-refractivity contribution in [3.63, 3.8) is 0 Å². The zero-order valence-corrected chi connectivity index (χ0v) is 10.7. The van der Waals surface area contributed by atoms with E-state index in [4.69, 9.17) is 5.73 Å². The molecule has 0 bridgehead atoms. The fourth-order valence-corrected chi connectivity index (χ4v) is 1.64. The van der Waals surface area contributed by atoms with Crippen LogP contribution in [-0.4, -0.2) is 42.6 Å². The zero-order valence-electron chi connectivity index (χ0n) is 10.7. The fraction of sp³-hybridized carbons (Fsp3) is 0.909. The summed E-state index contributed by atoms with van der Waals surface area (Å²) in [5, 5.41) is 2.99. The van der Waals surface area contributed by atoms with Gasteiger partial charge in [-0.3, -0.25) is 9.89 Å². The fourth-order valence-electron chi connectivity index (χ4n) is 1.64. The Morgan fingerprint density at radius 2 is 1.80 bits per heavy atom. The summed E-state index contributed by atoms with van der Waals surface area (Å²) in [6.07, 6.45) is 0. The SMILES string of the molecule is CCNC(N)=NCCN(C(C)C)C(C)C. The molecule has 4 heteroatoms. The lowest BCUT2D eigenvalue weighted by Crippen LogP contribution is -2.39. The zero-order chi connectivity index (χ0) is 11.8. The van der Waals surface area contributed by atoms with Crippen molar-refractivity contribution in [2.75, 3.05) is 19.6 Å². The molecule has 0 atom stereocenters. The van der Waals surface area contributed by atoms with Gasteiger partial charge >= 0.3 is 0 Å². The molecule has 0 unspecified atom stereocenters. The van der Waals surface area contributed by atoms with Gasteiger partial charge in [0.15, 0.2) is 5.96 Å². The number of nitrogens with zero attached hydrogens (tertiary/aromatic N) is 2. The van der Waals surface area contributed by atoms with Crippen LogP contribution in [0.5, 0.6) is 0 Å². The summed E-state index contributed by atoms with van der Waals surface area (Å²) in [4.78, 5) is 6.67. The first-order valence-corrected chi connectivity index (χ1v) is 5.78. The molecule has 0 heterocycles. The first-order valence-electron chi connectivity index (χ1n) is 5.78. The van der Waals surface area contributed by atoms with Crippen molar-refractivity contribution in [2.45, 2.75) is 46.7 Å². The highest BCUT2D eigenvalue weighted by molar-refractivity contribution is 5.77. The van der Waals surface area contributed by atoms with Crippen molar-refractivity contribution in [3.8, 4) is 0 Å². The summed E-state index contributed by atoms with van der Waals surface area (Å²) >= 11 is 0. The van der Waals surface area contributed by atoms with E-state index < -0.39 is 0 Å².